The predicted octanol–water partition coefficient (Wildman–Crippen LogP) is 4.82. The number of hydrogen-bond acceptors (Lipinski definition) is 5. The first-order valence-electron chi connectivity index (χ1n) is 10.8. The Hall–Kier alpha value is -4.33. The molecule has 3 amide bonds. The predicted molar refractivity (Wildman–Crippen MR) is 130 cm³/mol. The van der Waals surface area contributed by atoms with E-state index in [1.165, 1.54) is 0 Å². The lowest BCUT2D eigenvalue weighted by Gasteiger charge is -2.12. The van der Waals surface area contributed by atoms with Gasteiger partial charge in [0.15, 0.2) is 0 Å². The summed E-state index contributed by atoms with van der Waals surface area (Å²) in [6, 6.07) is 20.4. The first-order valence-corrected chi connectivity index (χ1v) is 10.8. The summed E-state index contributed by atoms with van der Waals surface area (Å²) in [5.41, 5.74) is 7.87. The van der Waals surface area contributed by atoms with E-state index >= 15 is 0 Å². The molecule has 0 heterocycles. The maximum atomic E-state index is 12.8. The molecular weight excluding hydrogens is 434 g/mol. The highest BCUT2D eigenvalue weighted by molar-refractivity contribution is 6.04. The summed E-state index contributed by atoms with van der Waals surface area (Å²) in [5, 5.41) is 5.46. The zero-order valence-corrected chi connectivity index (χ0v) is 19.0. The van der Waals surface area contributed by atoms with Gasteiger partial charge in [-0.05, 0) is 53.9 Å². The third-order valence-corrected chi connectivity index (χ3v) is 4.65. The van der Waals surface area contributed by atoms with E-state index in [-0.39, 0.29) is 24.0 Å². The Morgan fingerprint density at radius 1 is 0.882 bits per heavy atom. The monoisotopic (exact) mass is 461 g/mol. The van der Waals surface area contributed by atoms with Crippen molar-refractivity contribution < 1.29 is 23.9 Å². The van der Waals surface area contributed by atoms with Gasteiger partial charge in [0.25, 0.3) is 11.8 Å². The van der Waals surface area contributed by atoms with Gasteiger partial charge >= 0.3 is 6.09 Å². The molecule has 176 valence electrons. The molecule has 0 aliphatic heterocycles. The van der Waals surface area contributed by atoms with Crippen molar-refractivity contribution in [1.29, 1.82) is 0 Å². The van der Waals surface area contributed by atoms with Crippen LogP contribution in [-0.4, -0.2) is 24.5 Å². The molecule has 0 aromatic heterocycles. The summed E-state index contributed by atoms with van der Waals surface area (Å²) in [7, 11) is 0. The molecule has 8 nitrogen and oxygen atoms in total. The van der Waals surface area contributed by atoms with Crippen molar-refractivity contribution >= 4 is 29.3 Å². The number of ether oxygens (including phenoxy) is 2. The Kier molecular flexibility index (Phi) is 8.23. The largest absolute Gasteiger partial charge is 0.488 e. The highest BCUT2D eigenvalue weighted by Gasteiger charge is 2.11. The Morgan fingerprint density at radius 3 is 2.32 bits per heavy atom. The molecule has 4 N–H and O–H groups in total. The van der Waals surface area contributed by atoms with Gasteiger partial charge in [-0.2, -0.15) is 0 Å². The number of anilines is 2. The van der Waals surface area contributed by atoms with Crippen LogP contribution in [0, 0.1) is 5.92 Å². The van der Waals surface area contributed by atoms with Crippen molar-refractivity contribution in [2.45, 2.75) is 20.5 Å². The summed E-state index contributed by atoms with van der Waals surface area (Å²) >= 11 is 0. The smallest absolute Gasteiger partial charge is 0.411 e. The highest BCUT2D eigenvalue weighted by atomic mass is 16.5. The van der Waals surface area contributed by atoms with E-state index in [0.717, 1.165) is 5.56 Å². The molecule has 0 spiro atoms. The first kappa shape index (κ1) is 24.3. The number of benzene rings is 3. The lowest BCUT2D eigenvalue weighted by atomic mass is 10.1. The molecule has 0 saturated heterocycles. The van der Waals surface area contributed by atoms with Gasteiger partial charge in [0.2, 0.25) is 0 Å². The van der Waals surface area contributed by atoms with E-state index < -0.39 is 12.0 Å². The molecule has 3 aromatic rings. The number of hydrogen-bond donors (Lipinski definition) is 3. The minimum Gasteiger partial charge on any atom is -0.488 e. The topological polar surface area (TPSA) is 120 Å². The van der Waals surface area contributed by atoms with Crippen LogP contribution in [0.5, 0.6) is 5.75 Å². The van der Waals surface area contributed by atoms with E-state index in [9.17, 15) is 14.4 Å². The number of para-hydroxylation sites is 1. The van der Waals surface area contributed by atoms with Gasteiger partial charge in [-0.15, -0.1) is 0 Å². The van der Waals surface area contributed by atoms with Gasteiger partial charge in [-0.25, -0.2) is 4.79 Å². The SMILES string of the molecule is CC(C)COC(=O)Nc1cccc(NC(=O)c2cccc(COc3ccccc3C(N)=O)c2)c1. The fourth-order valence-corrected chi connectivity index (χ4v) is 3.03. The zero-order valence-electron chi connectivity index (χ0n) is 19.0. The number of rotatable bonds is 9. The van der Waals surface area contributed by atoms with Crippen LogP contribution in [-0.2, 0) is 11.3 Å². The van der Waals surface area contributed by atoms with E-state index in [0.29, 0.717) is 29.3 Å². The molecule has 0 atom stereocenters. The standard InChI is InChI=1S/C26H27N3O5/c1-17(2)15-34-26(32)29-21-10-6-9-20(14-21)28-25(31)19-8-5-7-18(13-19)16-33-23-12-4-3-11-22(23)24(27)30/h3-14,17H,15-16H2,1-2H3,(H2,27,30)(H,28,31)(H,29,32). The van der Waals surface area contributed by atoms with Crippen LogP contribution in [0.4, 0.5) is 16.2 Å². The lowest BCUT2D eigenvalue weighted by molar-refractivity contribution is 0.0994. The average Bonchev–Trinajstić information content (AvgIpc) is 2.82. The normalized spacial score (nSPS) is 10.4. The number of nitrogens with one attached hydrogen (secondary N) is 2. The zero-order chi connectivity index (χ0) is 24.5. The molecular formula is C26H27N3O5. The van der Waals surface area contributed by atoms with Crippen LogP contribution in [0.25, 0.3) is 0 Å². The van der Waals surface area contributed by atoms with Gasteiger partial charge in [-0.3, -0.25) is 14.9 Å². The van der Waals surface area contributed by atoms with Crippen molar-refractivity contribution in [1.82, 2.24) is 0 Å². The van der Waals surface area contributed by atoms with Gasteiger partial charge in [0.1, 0.15) is 12.4 Å². The van der Waals surface area contributed by atoms with E-state index in [1.54, 1.807) is 66.7 Å². The van der Waals surface area contributed by atoms with Crippen molar-refractivity contribution in [2.24, 2.45) is 11.7 Å². The lowest BCUT2D eigenvalue weighted by Crippen LogP contribution is -2.17. The maximum absolute atomic E-state index is 12.8. The molecule has 34 heavy (non-hydrogen) atoms. The fraction of sp³-hybridized carbons (Fsp3) is 0.192. The molecule has 0 bridgehead atoms. The first-order chi connectivity index (χ1) is 16.3. The van der Waals surface area contributed by atoms with Crippen LogP contribution in [0.2, 0.25) is 0 Å². The fourth-order valence-electron chi connectivity index (χ4n) is 3.03. The van der Waals surface area contributed by atoms with Crippen molar-refractivity contribution in [3.63, 3.8) is 0 Å². The quantitative estimate of drug-likeness (QED) is 0.422. The van der Waals surface area contributed by atoms with Gasteiger partial charge in [0.05, 0.1) is 12.2 Å². The van der Waals surface area contributed by atoms with Gasteiger partial charge < -0.3 is 20.5 Å². The third kappa shape index (κ3) is 7.09. The summed E-state index contributed by atoms with van der Waals surface area (Å²) in [4.78, 5) is 36.2. The number of carbonyl (C=O) groups is 3. The molecule has 0 aliphatic rings. The molecule has 3 aromatic carbocycles. The number of primary amides is 1. The minimum atomic E-state index is -0.575. The molecule has 0 aliphatic carbocycles. The van der Waals surface area contributed by atoms with Crippen LogP contribution >= 0.6 is 0 Å². The second kappa shape index (κ2) is 11.5. The van der Waals surface area contributed by atoms with E-state index in [4.69, 9.17) is 15.2 Å². The Bertz CT molecular complexity index is 1180. The Balaban J connectivity index is 1.62. The van der Waals surface area contributed by atoms with Gasteiger partial charge in [0, 0.05) is 16.9 Å². The van der Waals surface area contributed by atoms with Gasteiger partial charge in [-0.1, -0.05) is 44.2 Å². The number of amides is 3. The molecule has 3 rings (SSSR count). The van der Waals surface area contributed by atoms with Crippen LogP contribution < -0.4 is 21.1 Å². The van der Waals surface area contributed by atoms with Crippen molar-refractivity contribution in [2.75, 3.05) is 17.2 Å². The van der Waals surface area contributed by atoms with E-state index in [1.807, 2.05) is 19.9 Å². The van der Waals surface area contributed by atoms with Crippen LogP contribution in [0.15, 0.2) is 72.8 Å². The summed E-state index contributed by atoms with van der Waals surface area (Å²) in [6.07, 6.45) is -0.553. The summed E-state index contributed by atoms with van der Waals surface area (Å²) < 4.78 is 10.9. The highest BCUT2D eigenvalue weighted by Crippen LogP contribution is 2.20. The average molecular weight is 462 g/mol. The summed E-state index contributed by atoms with van der Waals surface area (Å²) in [5.74, 6) is -0.288. The van der Waals surface area contributed by atoms with E-state index in [2.05, 4.69) is 10.6 Å². The Morgan fingerprint density at radius 2 is 1.59 bits per heavy atom. The van der Waals surface area contributed by atoms with Crippen LogP contribution in [0.1, 0.15) is 40.1 Å². The molecule has 8 heteroatoms. The third-order valence-electron chi connectivity index (χ3n) is 4.65. The Labute approximate surface area is 198 Å². The molecule has 0 saturated carbocycles. The second-order valence-corrected chi connectivity index (χ2v) is 8.00. The van der Waals surface area contributed by atoms with Crippen LogP contribution in [0.3, 0.4) is 0 Å². The number of nitrogens with two attached hydrogens (primary N) is 1. The van der Waals surface area contributed by atoms with Crippen molar-refractivity contribution in [3.05, 3.63) is 89.5 Å². The number of carbonyl (C=O) groups excluding carboxylic acids is 3. The maximum Gasteiger partial charge on any atom is 0.411 e. The summed E-state index contributed by atoms with van der Waals surface area (Å²) in [6.45, 7) is 4.37. The minimum absolute atomic E-state index is 0.156. The second-order valence-electron chi connectivity index (χ2n) is 8.00. The molecule has 0 radical (unpaired) electrons. The molecule has 0 fully saturated rings. The van der Waals surface area contributed by atoms with Crippen molar-refractivity contribution in [3.8, 4) is 5.75 Å². The molecule has 0 unspecified atom stereocenters.